The lowest BCUT2D eigenvalue weighted by Crippen LogP contribution is -2.30. The summed E-state index contributed by atoms with van der Waals surface area (Å²) in [6.45, 7) is 3.58. The molecule has 0 bridgehead atoms. The number of carbonyl (C=O) groups excluding carboxylic acids is 2. The molecule has 2 aromatic carbocycles. The van der Waals surface area contributed by atoms with Gasteiger partial charge in [0.25, 0.3) is 11.8 Å². The number of nitriles is 2. The molecule has 0 saturated heterocycles. The Balaban J connectivity index is 1.69. The number of rotatable bonds is 5. The number of halogens is 1. The zero-order valence-corrected chi connectivity index (χ0v) is 19.0. The lowest BCUT2D eigenvalue weighted by Gasteiger charge is -2.30. The Morgan fingerprint density at radius 1 is 1.16 bits per heavy atom. The first-order chi connectivity index (χ1) is 15.5. The van der Waals surface area contributed by atoms with E-state index in [9.17, 15) is 14.9 Å². The summed E-state index contributed by atoms with van der Waals surface area (Å²) in [5.41, 5.74) is 3.66. The third-order valence-electron chi connectivity index (χ3n) is 5.65. The molecule has 32 heavy (non-hydrogen) atoms. The van der Waals surface area contributed by atoms with Gasteiger partial charge in [0.1, 0.15) is 11.8 Å². The maximum atomic E-state index is 12.6. The third kappa shape index (κ3) is 3.65. The van der Waals surface area contributed by atoms with Crippen LogP contribution in [0, 0.1) is 22.7 Å². The minimum atomic E-state index is -0.413. The van der Waals surface area contributed by atoms with Crippen molar-refractivity contribution in [1.82, 2.24) is 4.90 Å². The number of anilines is 1. The average molecular weight is 491 g/mol. The van der Waals surface area contributed by atoms with Gasteiger partial charge in [0.2, 0.25) is 0 Å². The van der Waals surface area contributed by atoms with Gasteiger partial charge in [-0.2, -0.15) is 15.6 Å². The minimum Gasteiger partial charge on any atom is -0.370 e. The Bertz CT molecular complexity index is 1240. The van der Waals surface area contributed by atoms with Gasteiger partial charge in [0.05, 0.1) is 39.3 Å². The van der Waals surface area contributed by atoms with Crippen LogP contribution in [-0.2, 0) is 6.42 Å². The van der Waals surface area contributed by atoms with E-state index in [1.165, 1.54) is 6.07 Å². The quantitative estimate of drug-likeness (QED) is 0.431. The number of imide groups is 1. The van der Waals surface area contributed by atoms with E-state index in [1.54, 1.807) is 6.92 Å². The molecule has 0 spiro atoms. The van der Waals surface area contributed by atoms with Gasteiger partial charge in [-0.05, 0) is 65.5 Å². The first-order valence-electron chi connectivity index (χ1n) is 10.3. The number of carbonyl (C=O) groups is 2. The zero-order chi connectivity index (χ0) is 22.8. The van der Waals surface area contributed by atoms with Gasteiger partial charge in [-0.15, -0.1) is 5.11 Å². The van der Waals surface area contributed by atoms with Crippen molar-refractivity contribution in [3.05, 3.63) is 51.0 Å². The van der Waals surface area contributed by atoms with Crippen LogP contribution in [0.15, 0.2) is 39.0 Å². The van der Waals surface area contributed by atoms with Crippen molar-refractivity contribution < 1.29 is 9.59 Å². The summed E-state index contributed by atoms with van der Waals surface area (Å²) >= 11 is 3.38. The fraction of sp³-hybridized carbons (Fsp3) is 0.304. The highest BCUT2D eigenvalue weighted by atomic mass is 79.9. The molecule has 0 unspecified atom stereocenters. The molecule has 0 aromatic heterocycles. The molecule has 4 rings (SSSR count). The number of benzene rings is 2. The highest BCUT2D eigenvalue weighted by Gasteiger charge is 2.38. The smallest absolute Gasteiger partial charge is 0.262 e. The van der Waals surface area contributed by atoms with Crippen molar-refractivity contribution in [2.75, 3.05) is 24.5 Å². The maximum Gasteiger partial charge on any atom is 0.262 e. The van der Waals surface area contributed by atoms with Crippen LogP contribution in [0.25, 0.3) is 0 Å². The summed E-state index contributed by atoms with van der Waals surface area (Å²) in [4.78, 5) is 28.5. The lowest BCUT2D eigenvalue weighted by atomic mass is 10.0. The fourth-order valence-corrected chi connectivity index (χ4v) is 4.78. The molecule has 9 heteroatoms. The van der Waals surface area contributed by atoms with Crippen molar-refractivity contribution in [2.24, 2.45) is 10.2 Å². The number of hydrogen-bond acceptors (Lipinski definition) is 7. The normalized spacial score (nSPS) is 15.0. The van der Waals surface area contributed by atoms with Crippen LogP contribution in [0.1, 0.15) is 51.6 Å². The predicted octanol–water partition coefficient (Wildman–Crippen LogP) is 5.02. The van der Waals surface area contributed by atoms with Gasteiger partial charge in [0.15, 0.2) is 0 Å². The monoisotopic (exact) mass is 490 g/mol. The fourth-order valence-electron chi connectivity index (χ4n) is 4.11. The largest absolute Gasteiger partial charge is 0.370 e. The molecule has 2 aliphatic heterocycles. The molecule has 2 heterocycles. The number of fused-ring (bicyclic) bond motifs is 2. The standard InChI is InChI=1S/C23H19BrN6O2/c1-2-30-22(31)17-12-15(13-26)21(20(24)19(17)23(30)32)28-27-16-6-7-18-14(11-16)5-3-9-29(18)10-4-8-25/h6-7,11-12H,2-5,9-10H2,1H3/b28-27+. The molecule has 2 amide bonds. The van der Waals surface area contributed by atoms with E-state index in [1.807, 2.05) is 24.3 Å². The van der Waals surface area contributed by atoms with Gasteiger partial charge < -0.3 is 4.90 Å². The van der Waals surface area contributed by atoms with Crippen LogP contribution in [-0.4, -0.2) is 36.3 Å². The van der Waals surface area contributed by atoms with Crippen LogP contribution in [0.2, 0.25) is 0 Å². The molecule has 0 atom stereocenters. The van der Waals surface area contributed by atoms with Crippen LogP contribution in [0.5, 0.6) is 0 Å². The second-order valence-electron chi connectivity index (χ2n) is 7.49. The Labute approximate surface area is 193 Å². The first kappa shape index (κ1) is 21.7. The number of azo groups is 1. The zero-order valence-electron chi connectivity index (χ0n) is 17.4. The number of nitrogens with zero attached hydrogens (tertiary/aromatic N) is 6. The number of aryl methyl sites for hydroxylation is 1. The number of amides is 2. The van der Waals surface area contributed by atoms with E-state index in [0.29, 0.717) is 23.1 Å². The first-order valence-corrected chi connectivity index (χ1v) is 11.1. The Morgan fingerprint density at radius 3 is 2.69 bits per heavy atom. The van der Waals surface area contributed by atoms with E-state index in [0.717, 1.165) is 35.5 Å². The SMILES string of the molecule is CCN1C(=O)c2cc(C#N)c(/N=N/c3ccc4c(c3)CCCN4CCC#N)c(Br)c2C1=O. The second kappa shape index (κ2) is 8.89. The van der Waals surface area contributed by atoms with E-state index < -0.39 is 11.8 Å². The van der Waals surface area contributed by atoms with Crippen LogP contribution >= 0.6 is 15.9 Å². The van der Waals surface area contributed by atoms with Gasteiger partial charge in [0, 0.05) is 25.3 Å². The molecule has 160 valence electrons. The van der Waals surface area contributed by atoms with E-state index >= 15 is 0 Å². The maximum absolute atomic E-state index is 12.6. The molecule has 0 aliphatic carbocycles. The van der Waals surface area contributed by atoms with Gasteiger partial charge >= 0.3 is 0 Å². The van der Waals surface area contributed by atoms with Crippen LogP contribution in [0.3, 0.4) is 0 Å². The Kier molecular flexibility index (Phi) is 6.02. The second-order valence-corrected chi connectivity index (χ2v) is 8.28. The molecular formula is C23H19BrN6O2. The van der Waals surface area contributed by atoms with Crippen molar-refractivity contribution in [1.29, 1.82) is 10.5 Å². The molecule has 2 aliphatic rings. The van der Waals surface area contributed by atoms with Crippen molar-refractivity contribution in [3.63, 3.8) is 0 Å². The topological polar surface area (TPSA) is 113 Å². The van der Waals surface area contributed by atoms with Crippen molar-refractivity contribution >= 4 is 44.8 Å². The summed E-state index contributed by atoms with van der Waals surface area (Å²) in [5.74, 6) is -0.824. The van der Waals surface area contributed by atoms with E-state index in [4.69, 9.17) is 5.26 Å². The Hall–Kier alpha value is -3.56. The minimum absolute atomic E-state index is 0.166. The molecule has 0 saturated carbocycles. The molecular weight excluding hydrogens is 472 g/mol. The molecule has 2 aromatic rings. The van der Waals surface area contributed by atoms with Crippen LogP contribution in [0.4, 0.5) is 17.1 Å². The third-order valence-corrected chi connectivity index (χ3v) is 6.42. The van der Waals surface area contributed by atoms with Crippen molar-refractivity contribution in [3.8, 4) is 12.1 Å². The molecule has 8 nitrogen and oxygen atoms in total. The highest BCUT2D eigenvalue weighted by Crippen LogP contribution is 2.40. The molecule has 0 radical (unpaired) electrons. The van der Waals surface area contributed by atoms with Gasteiger partial charge in [-0.25, -0.2) is 0 Å². The summed E-state index contributed by atoms with van der Waals surface area (Å²) in [6.07, 6.45) is 2.39. The molecule has 0 fully saturated rings. The van der Waals surface area contributed by atoms with Gasteiger partial charge in [-0.1, -0.05) is 0 Å². The Morgan fingerprint density at radius 2 is 1.97 bits per heavy atom. The van der Waals surface area contributed by atoms with E-state index in [-0.39, 0.29) is 28.9 Å². The summed E-state index contributed by atoms with van der Waals surface area (Å²) in [5, 5.41) is 27.1. The van der Waals surface area contributed by atoms with E-state index in [2.05, 4.69) is 37.1 Å². The van der Waals surface area contributed by atoms with Crippen LogP contribution < -0.4 is 4.90 Å². The summed E-state index contributed by atoms with van der Waals surface area (Å²) in [6, 6.07) is 11.4. The predicted molar refractivity (Wildman–Crippen MR) is 121 cm³/mol. The summed E-state index contributed by atoms with van der Waals surface area (Å²) < 4.78 is 0.297. The van der Waals surface area contributed by atoms with Crippen molar-refractivity contribution in [2.45, 2.75) is 26.2 Å². The number of hydrogen-bond donors (Lipinski definition) is 0. The van der Waals surface area contributed by atoms with Gasteiger partial charge in [-0.3, -0.25) is 14.5 Å². The highest BCUT2D eigenvalue weighted by molar-refractivity contribution is 9.10. The summed E-state index contributed by atoms with van der Waals surface area (Å²) in [7, 11) is 0. The molecule has 0 N–H and O–H groups in total. The lowest BCUT2D eigenvalue weighted by molar-refractivity contribution is 0.0662. The average Bonchev–Trinajstić information content (AvgIpc) is 3.05.